The molecule has 0 N–H and O–H groups in total. The SMILES string of the molecule is C[N+]1(CCOC[C@@H]2CCC[N+]3(C)CCCC[C@H]23)CCOCC1. The Labute approximate surface area is 136 Å². The van der Waals surface area contributed by atoms with Gasteiger partial charge in [0.1, 0.15) is 19.6 Å². The molecule has 0 aromatic heterocycles. The van der Waals surface area contributed by atoms with Crippen LogP contribution in [-0.2, 0) is 9.47 Å². The third-order valence-electron chi connectivity index (χ3n) is 6.67. The summed E-state index contributed by atoms with van der Waals surface area (Å²) in [6, 6.07) is 0.871. The van der Waals surface area contributed by atoms with E-state index in [1.165, 1.54) is 49.7 Å². The Morgan fingerprint density at radius 1 is 0.955 bits per heavy atom. The molecule has 0 radical (unpaired) electrons. The van der Waals surface area contributed by atoms with Crippen LogP contribution in [-0.4, -0.2) is 88.3 Å². The number of fused-ring (bicyclic) bond motifs is 1. The molecule has 0 saturated carbocycles. The number of ether oxygens (including phenoxy) is 2. The number of hydrogen-bond donors (Lipinski definition) is 0. The van der Waals surface area contributed by atoms with Gasteiger partial charge in [-0.25, -0.2) is 0 Å². The fourth-order valence-corrected chi connectivity index (χ4v) is 4.95. The molecule has 3 saturated heterocycles. The molecule has 4 heteroatoms. The van der Waals surface area contributed by atoms with Crippen molar-refractivity contribution in [2.75, 3.05) is 73.2 Å². The second-order valence-corrected chi connectivity index (χ2v) is 8.37. The van der Waals surface area contributed by atoms with Crippen molar-refractivity contribution in [1.29, 1.82) is 0 Å². The average Bonchev–Trinajstić information content (AvgIpc) is 2.51. The molecule has 3 rings (SSSR count). The Morgan fingerprint density at radius 2 is 1.73 bits per heavy atom. The van der Waals surface area contributed by atoms with Crippen molar-refractivity contribution >= 4 is 0 Å². The maximum atomic E-state index is 6.17. The van der Waals surface area contributed by atoms with E-state index >= 15 is 0 Å². The average molecular weight is 312 g/mol. The van der Waals surface area contributed by atoms with Crippen molar-refractivity contribution in [2.24, 2.45) is 5.92 Å². The van der Waals surface area contributed by atoms with Gasteiger partial charge in [-0.2, -0.15) is 0 Å². The molecule has 0 aromatic rings. The van der Waals surface area contributed by atoms with Crippen molar-refractivity contribution in [3.8, 4) is 0 Å². The zero-order valence-electron chi connectivity index (χ0n) is 14.8. The highest BCUT2D eigenvalue weighted by atomic mass is 16.5. The molecule has 0 aliphatic carbocycles. The highest BCUT2D eigenvalue weighted by Crippen LogP contribution is 2.36. The van der Waals surface area contributed by atoms with Gasteiger partial charge in [0.05, 0.1) is 59.7 Å². The Balaban J connectivity index is 1.43. The molecule has 4 nitrogen and oxygen atoms in total. The minimum absolute atomic E-state index is 0.800. The first-order valence-corrected chi connectivity index (χ1v) is 9.45. The number of hydrogen-bond acceptors (Lipinski definition) is 2. The zero-order chi connectivity index (χ0) is 15.5. The number of nitrogens with zero attached hydrogens (tertiary/aromatic N) is 2. The molecule has 0 aromatic carbocycles. The summed E-state index contributed by atoms with van der Waals surface area (Å²) in [7, 11) is 4.84. The standard InChI is InChI=1S/C18H36N2O2/c1-19(10-13-21-14-11-19)12-15-22-16-17-6-5-9-20(2)8-4-3-7-18(17)20/h17-18H,3-16H2,1-2H3/q+2/t17-,18+,20?/m0/s1. The van der Waals surface area contributed by atoms with Gasteiger partial charge >= 0.3 is 0 Å². The molecule has 3 aliphatic heterocycles. The van der Waals surface area contributed by atoms with Gasteiger partial charge in [0, 0.05) is 12.3 Å². The maximum Gasteiger partial charge on any atom is 0.102 e. The van der Waals surface area contributed by atoms with Crippen molar-refractivity contribution in [1.82, 2.24) is 0 Å². The molecule has 0 bridgehead atoms. The molecule has 3 atom stereocenters. The van der Waals surface area contributed by atoms with Gasteiger partial charge in [-0.05, 0) is 25.7 Å². The third kappa shape index (κ3) is 3.84. The minimum Gasteiger partial charge on any atom is -0.375 e. The van der Waals surface area contributed by atoms with Crippen LogP contribution >= 0.6 is 0 Å². The summed E-state index contributed by atoms with van der Waals surface area (Å²) < 4.78 is 14.1. The lowest BCUT2D eigenvalue weighted by atomic mass is 9.82. The maximum absolute atomic E-state index is 6.17. The van der Waals surface area contributed by atoms with Crippen LogP contribution in [0.1, 0.15) is 32.1 Å². The first-order chi connectivity index (χ1) is 10.6. The van der Waals surface area contributed by atoms with E-state index in [4.69, 9.17) is 9.47 Å². The smallest absolute Gasteiger partial charge is 0.102 e. The quantitative estimate of drug-likeness (QED) is 0.570. The first-order valence-electron chi connectivity index (χ1n) is 9.45. The van der Waals surface area contributed by atoms with E-state index in [1.807, 2.05) is 0 Å². The Kier molecular flexibility index (Phi) is 5.43. The van der Waals surface area contributed by atoms with Gasteiger partial charge in [-0.3, -0.25) is 0 Å². The van der Waals surface area contributed by atoms with E-state index in [9.17, 15) is 0 Å². The van der Waals surface area contributed by atoms with Gasteiger partial charge in [-0.1, -0.05) is 0 Å². The summed E-state index contributed by atoms with van der Waals surface area (Å²) >= 11 is 0. The van der Waals surface area contributed by atoms with Crippen molar-refractivity contribution in [2.45, 2.75) is 38.1 Å². The largest absolute Gasteiger partial charge is 0.375 e. The van der Waals surface area contributed by atoms with Crippen LogP contribution in [0.3, 0.4) is 0 Å². The molecule has 3 aliphatic rings. The molecule has 0 spiro atoms. The lowest BCUT2D eigenvalue weighted by Gasteiger charge is -2.51. The van der Waals surface area contributed by atoms with Crippen LogP contribution < -0.4 is 0 Å². The molecule has 0 amide bonds. The number of piperidine rings is 2. The molecular formula is C18H36N2O2+2. The summed E-state index contributed by atoms with van der Waals surface area (Å²) in [6.07, 6.45) is 7.07. The Bertz CT molecular complexity index is 353. The van der Waals surface area contributed by atoms with E-state index in [0.717, 1.165) is 62.5 Å². The monoisotopic (exact) mass is 312 g/mol. The van der Waals surface area contributed by atoms with E-state index in [1.54, 1.807) is 0 Å². The van der Waals surface area contributed by atoms with Gasteiger partial charge in [0.15, 0.2) is 0 Å². The summed E-state index contributed by atoms with van der Waals surface area (Å²) in [4.78, 5) is 0. The fraction of sp³-hybridized carbons (Fsp3) is 1.00. The minimum atomic E-state index is 0.800. The third-order valence-corrected chi connectivity index (χ3v) is 6.67. The summed E-state index contributed by atoms with van der Waals surface area (Å²) in [6.45, 7) is 9.97. The summed E-state index contributed by atoms with van der Waals surface area (Å²) in [5.41, 5.74) is 0. The van der Waals surface area contributed by atoms with Crippen LogP contribution in [0.25, 0.3) is 0 Å². The van der Waals surface area contributed by atoms with Gasteiger partial charge < -0.3 is 18.4 Å². The summed E-state index contributed by atoms with van der Waals surface area (Å²) in [5.74, 6) is 0.800. The van der Waals surface area contributed by atoms with E-state index in [2.05, 4.69) is 14.1 Å². The predicted molar refractivity (Wildman–Crippen MR) is 88.7 cm³/mol. The van der Waals surface area contributed by atoms with Crippen LogP contribution in [0.2, 0.25) is 0 Å². The number of morpholine rings is 1. The highest BCUT2D eigenvalue weighted by molar-refractivity contribution is 4.78. The Morgan fingerprint density at radius 3 is 2.55 bits per heavy atom. The topological polar surface area (TPSA) is 18.5 Å². The molecule has 128 valence electrons. The van der Waals surface area contributed by atoms with Crippen molar-refractivity contribution in [3.05, 3.63) is 0 Å². The fourth-order valence-electron chi connectivity index (χ4n) is 4.95. The van der Waals surface area contributed by atoms with E-state index in [0.29, 0.717) is 0 Å². The first kappa shape index (κ1) is 16.7. The second kappa shape index (κ2) is 7.16. The van der Waals surface area contributed by atoms with Gasteiger partial charge in [0.25, 0.3) is 0 Å². The Hall–Kier alpha value is -0.160. The van der Waals surface area contributed by atoms with Crippen LogP contribution in [0.5, 0.6) is 0 Å². The number of quaternary nitrogens is 2. The second-order valence-electron chi connectivity index (χ2n) is 8.37. The lowest BCUT2D eigenvalue weighted by Crippen LogP contribution is -2.61. The summed E-state index contributed by atoms with van der Waals surface area (Å²) in [5, 5.41) is 0. The molecule has 3 heterocycles. The van der Waals surface area contributed by atoms with E-state index in [-0.39, 0.29) is 0 Å². The highest BCUT2D eigenvalue weighted by Gasteiger charge is 2.43. The number of rotatable bonds is 5. The van der Waals surface area contributed by atoms with Crippen LogP contribution in [0.4, 0.5) is 0 Å². The van der Waals surface area contributed by atoms with Gasteiger partial charge in [0.2, 0.25) is 0 Å². The lowest BCUT2D eigenvalue weighted by molar-refractivity contribution is -0.947. The van der Waals surface area contributed by atoms with E-state index < -0.39 is 0 Å². The molecule has 22 heavy (non-hydrogen) atoms. The van der Waals surface area contributed by atoms with Crippen LogP contribution in [0, 0.1) is 5.92 Å². The van der Waals surface area contributed by atoms with Crippen molar-refractivity contribution in [3.63, 3.8) is 0 Å². The van der Waals surface area contributed by atoms with Crippen LogP contribution in [0.15, 0.2) is 0 Å². The normalized spacial score (nSPS) is 38.5. The molecular weight excluding hydrogens is 276 g/mol. The number of likely N-dealkylation sites (N-methyl/N-ethyl adjacent to an activating group) is 1. The zero-order valence-corrected chi connectivity index (χ0v) is 14.8. The molecule has 3 fully saturated rings. The van der Waals surface area contributed by atoms with Crippen molar-refractivity contribution < 1.29 is 18.4 Å². The molecule has 1 unspecified atom stereocenters. The predicted octanol–water partition coefficient (Wildman–Crippen LogP) is 1.89. The van der Waals surface area contributed by atoms with Gasteiger partial charge in [-0.15, -0.1) is 0 Å².